The third kappa shape index (κ3) is 3.77. The van der Waals surface area contributed by atoms with Gasteiger partial charge in [0.25, 0.3) is 5.69 Å². The van der Waals surface area contributed by atoms with Crippen molar-refractivity contribution in [1.82, 2.24) is 0 Å². The van der Waals surface area contributed by atoms with Crippen molar-refractivity contribution in [3.8, 4) is 5.75 Å². The fourth-order valence-corrected chi connectivity index (χ4v) is 2.35. The van der Waals surface area contributed by atoms with Crippen LogP contribution in [0.3, 0.4) is 0 Å². The molecule has 0 aliphatic heterocycles. The molecule has 0 saturated heterocycles. The Labute approximate surface area is 111 Å². The van der Waals surface area contributed by atoms with Crippen LogP contribution in [0.5, 0.6) is 5.75 Å². The lowest BCUT2D eigenvalue weighted by Crippen LogP contribution is -2.19. The van der Waals surface area contributed by atoms with Crippen molar-refractivity contribution in [2.75, 3.05) is 0 Å². The van der Waals surface area contributed by atoms with E-state index in [4.69, 9.17) is 4.74 Å². The van der Waals surface area contributed by atoms with E-state index in [1.807, 2.05) is 0 Å². The van der Waals surface area contributed by atoms with E-state index < -0.39 is 4.92 Å². The summed E-state index contributed by atoms with van der Waals surface area (Å²) in [6.45, 7) is 0. The van der Waals surface area contributed by atoms with Gasteiger partial charge in [-0.2, -0.15) is 0 Å². The van der Waals surface area contributed by atoms with Crippen LogP contribution < -0.4 is 4.74 Å². The molecule has 5 nitrogen and oxygen atoms in total. The number of esters is 1. The first-order valence-corrected chi connectivity index (χ1v) is 6.63. The minimum Gasteiger partial charge on any atom is -0.426 e. The molecule has 5 heteroatoms. The van der Waals surface area contributed by atoms with Crippen molar-refractivity contribution < 1.29 is 14.5 Å². The fourth-order valence-electron chi connectivity index (χ4n) is 2.35. The lowest BCUT2D eigenvalue weighted by Gasteiger charge is -2.12. The van der Waals surface area contributed by atoms with Crippen LogP contribution >= 0.6 is 0 Å². The van der Waals surface area contributed by atoms with Crippen LogP contribution in [0.2, 0.25) is 0 Å². The maximum absolute atomic E-state index is 12.0. The van der Waals surface area contributed by atoms with Crippen LogP contribution in [0, 0.1) is 16.0 Å². The highest BCUT2D eigenvalue weighted by atomic mass is 16.6. The highest BCUT2D eigenvalue weighted by Crippen LogP contribution is 2.25. The number of carbonyl (C=O) groups is 1. The average Bonchev–Trinajstić information content (AvgIpc) is 2.68. The number of hydrogen-bond acceptors (Lipinski definition) is 4. The Bertz CT molecular complexity index is 447. The van der Waals surface area contributed by atoms with Gasteiger partial charge in [-0.1, -0.05) is 25.7 Å². The number of hydrogen-bond donors (Lipinski definition) is 0. The Hall–Kier alpha value is -1.91. The molecule has 1 saturated carbocycles. The van der Waals surface area contributed by atoms with Crippen LogP contribution in [-0.4, -0.2) is 10.9 Å². The zero-order valence-corrected chi connectivity index (χ0v) is 10.7. The van der Waals surface area contributed by atoms with E-state index in [0.717, 1.165) is 25.7 Å². The third-order valence-corrected chi connectivity index (χ3v) is 3.45. The molecule has 0 spiro atoms. The molecule has 1 aromatic rings. The molecule has 0 aromatic heterocycles. The summed E-state index contributed by atoms with van der Waals surface area (Å²) >= 11 is 0. The number of nitrogens with zero attached hydrogens (tertiary/aromatic N) is 1. The molecular formula is C14H17NO4. The van der Waals surface area contributed by atoms with Crippen LogP contribution in [-0.2, 0) is 4.79 Å². The summed E-state index contributed by atoms with van der Waals surface area (Å²) in [5, 5.41) is 10.5. The predicted octanol–water partition coefficient (Wildman–Crippen LogP) is 3.47. The van der Waals surface area contributed by atoms with Crippen LogP contribution in [0.1, 0.15) is 38.5 Å². The van der Waals surface area contributed by atoms with Crippen molar-refractivity contribution in [3.05, 3.63) is 34.4 Å². The molecule has 102 valence electrons. The van der Waals surface area contributed by atoms with Gasteiger partial charge in [0.05, 0.1) is 10.8 Å². The van der Waals surface area contributed by atoms with Gasteiger partial charge in [-0.3, -0.25) is 14.9 Å². The standard InChI is InChI=1S/C14H17NO4/c16-14(11-5-3-1-2-4-6-11)19-13-9-7-12(8-10-13)15(17)18/h7-11H,1-6H2. The first kappa shape index (κ1) is 13.5. The normalized spacial score (nSPS) is 16.6. The van der Waals surface area contributed by atoms with Gasteiger partial charge in [0, 0.05) is 12.1 Å². The molecule has 1 aromatic carbocycles. The van der Waals surface area contributed by atoms with Crippen LogP contribution in [0.4, 0.5) is 5.69 Å². The smallest absolute Gasteiger partial charge is 0.314 e. The topological polar surface area (TPSA) is 69.4 Å². The molecule has 0 atom stereocenters. The van der Waals surface area contributed by atoms with E-state index >= 15 is 0 Å². The molecule has 0 heterocycles. The Balaban J connectivity index is 1.95. The number of nitro benzene ring substituents is 1. The summed E-state index contributed by atoms with van der Waals surface area (Å²) < 4.78 is 5.28. The van der Waals surface area contributed by atoms with Crippen molar-refractivity contribution in [3.63, 3.8) is 0 Å². The lowest BCUT2D eigenvalue weighted by atomic mass is 10.0. The second-order valence-electron chi connectivity index (χ2n) is 4.86. The summed E-state index contributed by atoms with van der Waals surface area (Å²) in [7, 11) is 0. The number of carbonyl (C=O) groups excluding carboxylic acids is 1. The van der Waals surface area contributed by atoms with Gasteiger partial charge in [-0.05, 0) is 25.0 Å². The Morgan fingerprint density at radius 2 is 1.68 bits per heavy atom. The molecule has 1 aliphatic rings. The first-order valence-electron chi connectivity index (χ1n) is 6.63. The first-order chi connectivity index (χ1) is 9.16. The van der Waals surface area contributed by atoms with Crippen molar-refractivity contribution in [2.24, 2.45) is 5.92 Å². The number of non-ortho nitro benzene ring substituents is 1. The average molecular weight is 263 g/mol. The summed E-state index contributed by atoms with van der Waals surface area (Å²) in [4.78, 5) is 22.0. The maximum Gasteiger partial charge on any atom is 0.314 e. The van der Waals surface area contributed by atoms with E-state index in [1.54, 1.807) is 0 Å². The summed E-state index contributed by atoms with van der Waals surface area (Å²) in [5.41, 5.74) is -0.00531. The summed E-state index contributed by atoms with van der Waals surface area (Å²) in [5.74, 6) is 0.133. The number of nitro groups is 1. The van der Waals surface area contributed by atoms with Gasteiger partial charge in [0.2, 0.25) is 0 Å². The highest BCUT2D eigenvalue weighted by molar-refractivity contribution is 5.75. The minimum absolute atomic E-state index is 0.00531. The van der Waals surface area contributed by atoms with E-state index in [1.165, 1.54) is 37.1 Å². The van der Waals surface area contributed by atoms with Gasteiger partial charge < -0.3 is 4.74 Å². The summed E-state index contributed by atoms with van der Waals surface area (Å²) in [6, 6.07) is 5.62. The van der Waals surface area contributed by atoms with E-state index in [0.29, 0.717) is 5.75 Å². The molecule has 0 N–H and O–H groups in total. The van der Waals surface area contributed by atoms with Gasteiger partial charge >= 0.3 is 5.97 Å². The zero-order valence-electron chi connectivity index (χ0n) is 10.7. The van der Waals surface area contributed by atoms with E-state index in [2.05, 4.69) is 0 Å². The molecular weight excluding hydrogens is 246 g/mol. The van der Waals surface area contributed by atoms with Gasteiger partial charge in [0.15, 0.2) is 0 Å². The van der Waals surface area contributed by atoms with Crippen molar-refractivity contribution >= 4 is 11.7 Å². The zero-order chi connectivity index (χ0) is 13.7. The van der Waals surface area contributed by atoms with Gasteiger partial charge in [-0.25, -0.2) is 0 Å². The SMILES string of the molecule is O=C(Oc1ccc([N+](=O)[O-])cc1)C1CCCCCC1. The van der Waals surface area contributed by atoms with E-state index in [9.17, 15) is 14.9 Å². The summed E-state index contributed by atoms with van der Waals surface area (Å²) in [6.07, 6.45) is 6.26. The lowest BCUT2D eigenvalue weighted by molar-refractivity contribution is -0.384. The Kier molecular flexibility index (Phi) is 4.49. The maximum atomic E-state index is 12.0. The van der Waals surface area contributed by atoms with Crippen LogP contribution in [0.25, 0.3) is 0 Å². The number of benzene rings is 1. The van der Waals surface area contributed by atoms with Crippen molar-refractivity contribution in [2.45, 2.75) is 38.5 Å². The number of rotatable bonds is 3. The third-order valence-electron chi connectivity index (χ3n) is 3.45. The molecule has 1 fully saturated rings. The molecule has 0 amide bonds. The molecule has 0 radical (unpaired) electrons. The Morgan fingerprint density at radius 1 is 1.11 bits per heavy atom. The molecule has 0 unspecified atom stereocenters. The molecule has 19 heavy (non-hydrogen) atoms. The van der Waals surface area contributed by atoms with Crippen molar-refractivity contribution in [1.29, 1.82) is 0 Å². The number of ether oxygens (including phenoxy) is 1. The van der Waals surface area contributed by atoms with Gasteiger partial charge in [-0.15, -0.1) is 0 Å². The fraction of sp³-hybridized carbons (Fsp3) is 0.500. The monoisotopic (exact) mass is 263 g/mol. The second-order valence-corrected chi connectivity index (χ2v) is 4.86. The van der Waals surface area contributed by atoms with Crippen LogP contribution in [0.15, 0.2) is 24.3 Å². The molecule has 0 bridgehead atoms. The largest absolute Gasteiger partial charge is 0.426 e. The molecule has 2 rings (SSSR count). The quantitative estimate of drug-likeness (QED) is 0.275. The predicted molar refractivity (Wildman–Crippen MR) is 69.9 cm³/mol. The highest BCUT2D eigenvalue weighted by Gasteiger charge is 2.22. The molecule has 1 aliphatic carbocycles. The second kappa shape index (κ2) is 6.31. The van der Waals surface area contributed by atoms with Gasteiger partial charge in [0.1, 0.15) is 5.75 Å². The minimum atomic E-state index is -0.475. The van der Waals surface area contributed by atoms with E-state index in [-0.39, 0.29) is 17.6 Å². The Morgan fingerprint density at radius 3 is 2.21 bits per heavy atom.